The van der Waals surface area contributed by atoms with E-state index in [0.29, 0.717) is 11.6 Å². The molecule has 1 aliphatic carbocycles. The van der Waals surface area contributed by atoms with Gasteiger partial charge in [-0.1, -0.05) is 66.7 Å². The van der Waals surface area contributed by atoms with E-state index in [2.05, 4.69) is 63.3 Å². The van der Waals surface area contributed by atoms with E-state index in [1.54, 1.807) is 0 Å². The molecule has 2 aromatic heterocycles. The predicted octanol–water partition coefficient (Wildman–Crippen LogP) is 6.05. The lowest BCUT2D eigenvalue weighted by Gasteiger charge is -2.11. The Morgan fingerprint density at radius 1 is 0.889 bits per heavy atom. The van der Waals surface area contributed by atoms with Gasteiger partial charge >= 0.3 is 0 Å². The first-order valence-electron chi connectivity index (χ1n) is 12.4. The normalized spacial score (nSPS) is 13.0. The van der Waals surface area contributed by atoms with E-state index in [1.165, 1.54) is 11.1 Å². The third-order valence-electron chi connectivity index (χ3n) is 6.48. The van der Waals surface area contributed by atoms with E-state index in [-0.39, 0.29) is 5.91 Å². The van der Waals surface area contributed by atoms with E-state index in [4.69, 9.17) is 4.98 Å². The van der Waals surface area contributed by atoms with Crippen molar-refractivity contribution in [3.8, 4) is 33.6 Å². The Morgan fingerprint density at radius 2 is 1.56 bits per heavy atom. The highest BCUT2D eigenvalue weighted by molar-refractivity contribution is 5.95. The number of aromatic nitrogens is 3. The second kappa shape index (κ2) is 9.30. The Balaban J connectivity index is 1.36. The van der Waals surface area contributed by atoms with Crippen LogP contribution in [0.2, 0.25) is 0 Å². The average Bonchev–Trinajstić information content (AvgIpc) is 3.64. The molecule has 0 atom stereocenters. The van der Waals surface area contributed by atoms with E-state index >= 15 is 0 Å². The molecule has 0 spiro atoms. The summed E-state index contributed by atoms with van der Waals surface area (Å²) in [6.45, 7) is 2.79. The molecule has 1 saturated carbocycles. The Kier molecular flexibility index (Phi) is 5.70. The zero-order valence-corrected chi connectivity index (χ0v) is 20.1. The molecule has 6 nitrogen and oxygen atoms in total. The summed E-state index contributed by atoms with van der Waals surface area (Å²) < 4.78 is 2.07. The third-order valence-corrected chi connectivity index (χ3v) is 6.48. The largest absolute Gasteiger partial charge is 0.367 e. The number of anilines is 1. The minimum Gasteiger partial charge on any atom is -0.367 e. The van der Waals surface area contributed by atoms with Crippen LogP contribution in [0.5, 0.6) is 0 Å². The standard InChI is InChI=1S/C30H27N5O/c1-2-31-28-29-32-18-27(23-12-14-24(15-13-23)30(36)33-25-16-17-25)35(29)19-26(34-28)22-10-8-21(9-11-22)20-6-4-3-5-7-20/h3-15,18-19,25H,2,16-17H2,1H3,(H,31,34)(H,33,36). The molecule has 6 rings (SSSR count). The average molecular weight is 474 g/mol. The Hall–Kier alpha value is -4.45. The van der Waals surface area contributed by atoms with Crippen LogP contribution in [0.3, 0.4) is 0 Å². The maximum atomic E-state index is 12.4. The van der Waals surface area contributed by atoms with Crippen LogP contribution in [-0.4, -0.2) is 32.9 Å². The van der Waals surface area contributed by atoms with Crippen molar-refractivity contribution >= 4 is 17.4 Å². The molecule has 178 valence electrons. The first kappa shape index (κ1) is 22.0. The zero-order valence-electron chi connectivity index (χ0n) is 20.1. The van der Waals surface area contributed by atoms with Gasteiger partial charge in [-0.15, -0.1) is 0 Å². The smallest absolute Gasteiger partial charge is 0.251 e. The molecule has 36 heavy (non-hydrogen) atoms. The molecular weight excluding hydrogens is 446 g/mol. The summed E-state index contributed by atoms with van der Waals surface area (Å²) in [6, 6.07) is 26.9. The number of benzene rings is 3. The topological polar surface area (TPSA) is 71.3 Å². The lowest BCUT2D eigenvalue weighted by molar-refractivity contribution is 0.0951. The monoisotopic (exact) mass is 473 g/mol. The highest BCUT2D eigenvalue weighted by Crippen LogP contribution is 2.29. The number of nitrogens with one attached hydrogen (secondary N) is 2. The molecule has 0 unspecified atom stereocenters. The maximum Gasteiger partial charge on any atom is 0.251 e. The molecule has 5 aromatic rings. The van der Waals surface area contributed by atoms with Crippen LogP contribution in [0, 0.1) is 0 Å². The van der Waals surface area contributed by atoms with Crippen LogP contribution in [-0.2, 0) is 0 Å². The van der Waals surface area contributed by atoms with Gasteiger partial charge in [-0.3, -0.25) is 9.20 Å². The second-order valence-corrected chi connectivity index (χ2v) is 9.11. The van der Waals surface area contributed by atoms with Crippen molar-refractivity contribution in [3.63, 3.8) is 0 Å². The van der Waals surface area contributed by atoms with Crippen LogP contribution < -0.4 is 10.6 Å². The molecule has 1 aliphatic rings. The van der Waals surface area contributed by atoms with Gasteiger partial charge in [-0.05, 0) is 43.0 Å². The number of carbonyl (C=O) groups excluding carboxylic acids is 1. The van der Waals surface area contributed by atoms with Crippen LogP contribution in [0.25, 0.3) is 39.3 Å². The molecule has 3 aromatic carbocycles. The fraction of sp³-hybridized carbons (Fsp3) is 0.167. The summed E-state index contributed by atoms with van der Waals surface area (Å²) in [5.41, 5.74) is 7.63. The van der Waals surface area contributed by atoms with Crippen molar-refractivity contribution in [1.82, 2.24) is 19.7 Å². The summed E-state index contributed by atoms with van der Waals surface area (Å²) >= 11 is 0. The SMILES string of the molecule is CCNc1nc(-c2ccc(-c3ccccc3)cc2)cn2c(-c3ccc(C(=O)NC4CC4)cc3)cnc12. The Bertz CT molecular complexity index is 1520. The number of hydrogen-bond acceptors (Lipinski definition) is 4. The van der Waals surface area contributed by atoms with Gasteiger partial charge in [0.2, 0.25) is 0 Å². The van der Waals surface area contributed by atoms with E-state index < -0.39 is 0 Å². The van der Waals surface area contributed by atoms with E-state index in [0.717, 1.165) is 53.4 Å². The van der Waals surface area contributed by atoms with Crippen molar-refractivity contribution in [1.29, 1.82) is 0 Å². The van der Waals surface area contributed by atoms with Crippen molar-refractivity contribution < 1.29 is 4.79 Å². The number of fused-ring (bicyclic) bond motifs is 1. The lowest BCUT2D eigenvalue weighted by atomic mass is 10.0. The molecule has 2 N–H and O–H groups in total. The van der Waals surface area contributed by atoms with Crippen LogP contribution >= 0.6 is 0 Å². The van der Waals surface area contributed by atoms with E-state index in [9.17, 15) is 4.79 Å². The number of hydrogen-bond donors (Lipinski definition) is 2. The van der Waals surface area contributed by atoms with Crippen LogP contribution in [0.15, 0.2) is 91.3 Å². The molecule has 1 fully saturated rings. The molecule has 0 radical (unpaired) electrons. The highest BCUT2D eigenvalue weighted by Gasteiger charge is 2.23. The summed E-state index contributed by atoms with van der Waals surface area (Å²) in [6.07, 6.45) is 6.04. The van der Waals surface area contributed by atoms with Gasteiger partial charge in [0.05, 0.1) is 17.6 Å². The summed E-state index contributed by atoms with van der Waals surface area (Å²) in [5.74, 6) is 0.732. The fourth-order valence-corrected chi connectivity index (χ4v) is 4.38. The van der Waals surface area contributed by atoms with Gasteiger partial charge in [-0.2, -0.15) is 0 Å². The van der Waals surface area contributed by atoms with Gasteiger partial charge in [0.25, 0.3) is 5.91 Å². The van der Waals surface area contributed by atoms with Gasteiger partial charge in [0, 0.05) is 35.5 Å². The summed E-state index contributed by atoms with van der Waals surface area (Å²) in [5, 5.41) is 6.41. The van der Waals surface area contributed by atoms with Crippen molar-refractivity contribution in [2.75, 3.05) is 11.9 Å². The summed E-state index contributed by atoms with van der Waals surface area (Å²) in [7, 11) is 0. The van der Waals surface area contributed by atoms with Crippen LogP contribution in [0.1, 0.15) is 30.1 Å². The van der Waals surface area contributed by atoms with Gasteiger partial charge in [-0.25, -0.2) is 9.97 Å². The summed E-state index contributed by atoms with van der Waals surface area (Å²) in [4.78, 5) is 22.0. The van der Waals surface area contributed by atoms with Crippen molar-refractivity contribution in [2.45, 2.75) is 25.8 Å². The molecule has 0 saturated heterocycles. The van der Waals surface area contributed by atoms with E-state index in [1.807, 2.05) is 54.9 Å². The van der Waals surface area contributed by atoms with Gasteiger partial charge in [0.1, 0.15) is 0 Å². The molecule has 1 amide bonds. The zero-order chi connectivity index (χ0) is 24.5. The third kappa shape index (κ3) is 4.33. The van der Waals surface area contributed by atoms with Crippen molar-refractivity contribution in [2.24, 2.45) is 0 Å². The second-order valence-electron chi connectivity index (χ2n) is 9.11. The number of carbonyl (C=O) groups is 1. The molecule has 0 bridgehead atoms. The molecule has 0 aliphatic heterocycles. The fourth-order valence-electron chi connectivity index (χ4n) is 4.38. The molecule has 6 heteroatoms. The number of amides is 1. The minimum atomic E-state index is -0.0120. The van der Waals surface area contributed by atoms with Crippen molar-refractivity contribution in [3.05, 3.63) is 96.8 Å². The first-order chi connectivity index (χ1) is 17.7. The van der Waals surface area contributed by atoms with Crippen LogP contribution in [0.4, 0.5) is 5.82 Å². The quantitative estimate of drug-likeness (QED) is 0.302. The highest BCUT2D eigenvalue weighted by atomic mass is 16.1. The molecular formula is C30H27N5O. The number of imidazole rings is 1. The first-order valence-corrected chi connectivity index (χ1v) is 12.4. The Morgan fingerprint density at radius 3 is 2.25 bits per heavy atom. The van der Waals surface area contributed by atoms with Gasteiger partial charge < -0.3 is 10.6 Å². The number of nitrogens with zero attached hydrogens (tertiary/aromatic N) is 3. The predicted molar refractivity (Wildman–Crippen MR) is 144 cm³/mol. The van der Waals surface area contributed by atoms with Gasteiger partial charge in [0.15, 0.2) is 11.5 Å². The number of rotatable bonds is 7. The minimum absolute atomic E-state index is 0.0120. The Labute approximate surface area is 210 Å². The lowest BCUT2D eigenvalue weighted by Crippen LogP contribution is -2.25. The molecule has 2 heterocycles. The maximum absolute atomic E-state index is 12.4.